The number of ether oxygens (including phenoxy) is 11. The van der Waals surface area contributed by atoms with Gasteiger partial charge in [0, 0.05) is 31.8 Å². The molecular formula is C55H86O25S. The molecule has 0 aromatic heterocycles. The van der Waals surface area contributed by atoms with Gasteiger partial charge in [0.15, 0.2) is 30.8 Å². The van der Waals surface area contributed by atoms with Crippen LogP contribution in [0.25, 0.3) is 0 Å². The van der Waals surface area contributed by atoms with Gasteiger partial charge in [-0.3, -0.25) is 14.1 Å². The Hall–Kier alpha value is -2.39. The summed E-state index contributed by atoms with van der Waals surface area (Å²) in [5.41, 5.74) is -0.899. The molecule has 0 aromatic rings. The molecule has 5 heterocycles. The Balaban J connectivity index is 0.898. The maximum atomic E-state index is 14.7. The Morgan fingerprint density at radius 2 is 1.41 bits per heavy atom. The highest BCUT2D eigenvalue weighted by molar-refractivity contribution is 7.80. The molecule has 0 radical (unpaired) electrons. The third-order valence-corrected chi connectivity index (χ3v) is 20.9. The summed E-state index contributed by atoms with van der Waals surface area (Å²) in [4.78, 5) is 27.2. The second-order valence-electron chi connectivity index (χ2n) is 25.5. The van der Waals surface area contributed by atoms with E-state index in [0.29, 0.717) is 32.1 Å². The van der Waals surface area contributed by atoms with Gasteiger partial charge < -0.3 is 93.0 Å². The van der Waals surface area contributed by atoms with Crippen LogP contribution in [0.1, 0.15) is 114 Å². The fourth-order valence-corrected chi connectivity index (χ4v) is 16.7. The molecule has 4 aliphatic carbocycles. The molecule has 1 spiro atoms. The maximum Gasteiger partial charge on any atom is 0.397 e. The van der Waals surface area contributed by atoms with Crippen LogP contribution in [0.3, 0.4) is 0 Å². The van der Waals surface area contributed by atoms with E-state index in [1.807, 2.05) is 26.8 Å². The molecule has 462 valence electrons. The van der Waals surface area contributed by atoms with E-state index < -0.39 is 181 Å². The van der Waals surface area contributed by atoms with Crippen LogP contribution >= 0.6 is 0 Å². The largest absolute Gasteiger partial charge is 0.458 e. The summed E-state index contributed by atoms with van der Waals surface area (Å²) in [6.45, 7) is 15.7. The molecule has 8 fully saturated rings. The van der Waals surface area contributed by atoms with Crippen LogP contribution in [-0.4, -0.2) is 221 Å². The number of rotatable bonds is 16. The van der Waals surface area contributed by atoms with Gasteiger partial charge in [-0.25, -0.2) is 4.18 Å². The van der Waals surface area contributed by atoms with Crippen molar-refractivity contribution in [3.8, 4) is 0 Å². The fourth-order valence-electron chi connectivity index (χ4n) is 16.2. The van der Waals surface area contributed by atoms with Gasteiger partial charge in [-0.05, 0) is 95.3 Å². The van der Waals surface area contributed by atoms with E-state index in [4.69, 9.17) is 56.3 Å². The Morgan fingerprint density at radius 3 is 2.06 bits per heavy atom. The zero-order valence-electron chi connectivity index (χ0n) is 47.7. The first-order valence-corrected chi connectivity index (χ1v) is 29.7. The first kappa shape index (κ1) is 63.1. The number of carbonyl (C=O) groups is 2. The highest BCUT2D eigenvalue weighted by Crippen LogP contribution is 2.76. The number of cyclic esters (lactones) is 1. The molecule has 0 amide bonds. The average molecular weight is 1180 g/mol. The Bertz CT molecular complexity index is 2460. The Labute approximate surface area is 472 Å². The van der Waals surface area contributed by atoms with Crippen molar-refractivity contribution in [3.63, 3.8) is 0 Å². The summed E-state index contributed by atoms with van der Waals surface area (Å²) in [6, 6.07) is 0. The second-order valence-corrected chi connectivity index (χ2v) is 26.6. The number of aliphatic hydroxyl groups is 8. The number of aliphatic hydroxyl groups excluding tert-OH is 8. The van der Waals surface area contributed by atoms with E-state index in [1.54, 1.807) is 0 Å². The Morgan fingerprint density at radius 1 is 0.753 bits per heavy atom. The predicted octanol–water partition coefficient (Wildman–Crippen LogP) is 0.620. The summed E-state index contributed by atoms with van der Waals surface area (Å²) in [7, 11) is -3.94. The van der Waals surface area contributed by atoms with E-state index in [9.17, 15) is 63.4 Å². The lowest BCUT2D eigenvalue weighted by molar-refractivity contribution is -0.382. The SMILES string of the molecule is COC1C(O)C(CO)OC(OC2C(O)COC(OC3C(C)OC(OC4C(OC5CCC6(C)C7CCC89C(=O)OC(C)(C(CC=C(C)C)OC(C)=O)C8CCC9(C)C7=CCC6C5(C)C)OCC(OS(=O)(=O)O)C4O)C(O)C3O)C2O)C1O. The van der Waals surface area contributed by atoms with Gasteiger partial charge in [0.05, 0.1) is 37.4 Å². The second kappa shape index (κ2) is 23.4. The van der Waals surface area contributed by atoms with Crippen molar-refractivity contribution in [2.45, 2.75) is 242 Å². The number of allylic oxidation sites excluding steroid dienone is 3. The van der Waals surface area contributed by atoms with Crippen LogP contribution in [0.4, 0.5) is 0 Å². The van der Waals surface area contributed by atoms with Crippen molar-refractivity contribution >= 4 is 22.3 Å². The van der Waals surface area contributed by atoms with Gasteiger partial charge in [-0.1, -0.05) is 51.0 Å². The molecule has 9 rings (SSSR count). The van der Waals surface area contributed by atoms with E-state index in [0.717, 1.165) is 24.8 Å². The number of esters is 2. The summed E-state index contributed by atoms with van der Waals surface area (Å²) >= 11 is 0. The summed E-state index contributed by atoms with van der Waals surface area (Å²) in [6.07, 6.45) is -20.7. The van der Waals surface area contributed by atoms with Crippen molar-refractivity contribution < 1.29 is 120 Å². The highest BCUT2D eigenvalue weighted by atomic mass is 32.3. The monoisotopic (exact) mass is 1180 g/mol. The number of hydrogen-bond acceptors (Lipinski definition) is 24. The van der Waals surface area contributed by atoms with E-state index in [-0.39, 0.29) is 29.1 Å². The molecule has 9 N–H and O–H groups in total. The number of carbonyl (C=O) groups excluding carboxylic acids is 2. The molecule has 0 bridgehead atoms. The zero-order chi connectivity index (χ0) is 59.3. The first-order chi connectivity index (χ1) is 37.9. The highest BCUT2D eigenvalue weighted by Gasteiger charge is 2.78. The molecule has 26 heteroatoms. The van der Waals surface area contributed by atoms with Gasteiger partial charge in [-0.15, -0.1) is 0 Å². The molecule has 5 saturated heterocycles. The van der Waals surface area contributed by atoms with Crippen molar-refractivity contribution in [2.24, 2.45) is 39.4 Å². The smallest absolute Gasteiger partial charge is 0.397 e. The van der Waals surface area contributed by atoms with Gasteiger partial charge in [0.25, 0.3) is 0 Å². The van der Waals surface area contributed by atoms with Crippen molar-refractivity contribution in [1.29, 1.82) is 0 Å². The first-order valence-electron chi connectivity index (χ1n) is 28.3. The minimum Gasteiger partial charge on any atom is -0.458 e. The minimum absolute atomic E-state index is 0.0186. The van der Waals surface area contributed by atoms with Crippen LogP contribution in [0, 0.1) is 39.4 Å². The third-order valence-electron chi connectivity index (χ3n) is 20.4. The molecule has 25 nitrogen and oxygen atoms in total. The van der Waals surface area contributed by atoms with Crippen LogP contribution in [-0.2, 0) is 76.3 Å². The molecule has 9 aliphatic rings. The number of fused-ring (bicyclic) bond motifs is 4. The summed E-state index contributed by atoms with van der Waals surface area (Å²) < 4.78 is 104. The lowest BCUT2D eigenvalue weighted by atomic mass is 9.40. The average Bonchev–Trinajstić information content (AvgIpc) is 3.37. The van der Waals surface area contributed by atoms with Crippen LogP contribution in [0.5, 0.6) is 0 Å². The van der Waals surface area contributed by atoms with Crippen molar-refractivity contribution in [3.05, 3.63) is 23.3 Å². The van der Waals surface area contributed by atoms with Crippen LogP contribution in [0.15, 0.2) is 23.3 Å². The molecule has 27 unspecified atom stereocenters. The lowest BCUT2D eigenvalue weighted by Crippen LogP contribution is -2.65. The lowest BCUT2D eigenvalue weighted by Gasteiger charge is -2.64. The van der Waals surface area contributed by atoms with Crippen LogP contribution < -0.4 is 0 Å². The van der Waals surface area contributed by atoms with Crippen LogP contribution in [0.2, 0.25) is 0 Å². The predicted molar refractivity (Wildman–Crippen MR) is 276 cm³/mol. The van der Waals surface area contributed by atoms with E-state index in [2.05, 4.69) is 33.8 Å². The molecular weight excluding hydrogens is 1090 g/mol. The minimum atomic E-state index is -5.15. The fraction of sp³-hybridized carbons (Fsp3) is 0.891. The molecule has 3 saturated carbocycles. The molecule has 0 aromatic carbocycles. The number of methoxy groups -OCH3 is 1. The zero-order valence-corrected chi connectivity index (χ0v) is 48.5. The van der Waals surface area contributed by atoms with Gasteiger partial charge in [0.2, 0.25) is 0 Å². The molecule has 81 heavy (non-hydrogen) atoms. The van der Waals surface area contributed by atoms with Gasteiger partial charge >= 0.3 is 22.3 Å². The molecule has 27 atom stereocenters. The topological polar surface area (TPSA) is 361 Å². The van der Waals surface area contributed by atoms with Gasteiger partial charge in [0.1, 0.15) is 85.5 Å². The van der Waals surface area contributed by atoms with Gasteiger partial charge in [-0.2, -0.15) is 8.42 Å². The number of hydrogen-bond donors (Lipinski definition) is 9. The molecule has 5 aliphatic heterocycles. The van der Waals surface area contributed by atoms with E-state index in [1.165, 1.54) is 26.5 Å². The van der Waals surface area contributed by atoms with Crippen molar-refractivity contribution in [2.75, 3.05) is 26.9 Å². The normalized spacial score (nSPS) is 49.0. The summed E-state index contributed by atoms with van der Waals surface area (Å²) in [5.74, 6) is -0.729. The Kier molecular flexibility index (Phi) is 18.2. The standard InChI is InChI=1S/C55H86O25S/c1-24(2)11-14-35(73-26(4)57)54(9)33-16-19-53(8)28-12-13-32-51(5,6)34(17-18-52(32,7)27(28)15-20-55(33,53)50(65)79-54)75-49-45(37(60)31(23-71-49)80-81(66,67)68)78-47-39(62)38(61)42(25(3)72-47)76-46-40(63)43(29(58)22-70-46)77-48-41(64)44(69-10)36(59)30(21-56)74-48/h11-12,25,27,29-49,56,58-64H,13-23H2,1-10H3,(H,66,67,68). The quantitative estimate of drug-likeness (QED) is 0.0581. The van der Waals surface area contributed by atoms with Crippen molar-refractivity contribution in [1.82, 2.24) is 0 Å². The maximum absolute atomic E-state index is 14.7. The summed E-state index contributed by atoms with van der Waals surface area (Å²) in [5, 5.41) is 88.3. The van der Waals surface area contributed by atoms with E-state index >= 15 is 0 Å². The third kappa shape index (κ3) is 11.0.